The molecule has 1 aliphatic heterocycles. The average molecular weight is 304 g/mol. The number of aryl methyl sites for hydroxylation is 1. The Bertz CT molecular complexity index is 505. The Kier molecular flexibility index (Phi) is 4.87. The molecule has 3 rings (SSSR count). The van der Waals surface area contributed by atoms with Crippen LogP contribution < -0.4 is 0 Å². The lowest BCUT2D eigenvalue weighted by molar-refractivity contribution is -0.138. The lowest BCUT2D eigenvalue weighted by atomic mass is 9.94. The van der Waals surface area contributed by atoms with Crippen LogP contribution in [0.4, 0.5) is 0 Å². The first-order chi connectivity index (χ1) is 10.7. The number of furan rings is 1. The first-order valence-corrected chi connectivity index (χ1v) is 8.73. The Labute approximate surface area is 133 Å². The smallest absolute Gasteiger partial charge is 0.239 e. The van der Waals surface area contributed by atoms with Gasteiger partial charge in [0.15, 0.2) is 0 Å². The van der Waals surface area contributed by atoms with Crippen LogP contribution in [0.25, 0.3) is 0 Å². The summed E-state index contributed by atoms with van der Waals surface area (Å²) < 4.78 is 5.55. The summed E-state index contributed by atoms with van der Waals surface area (Å²) in [5, 5.41) is 0. The molecule has 2 aliphatic rings. The molecule has 1 aromatic rings. The van der Waals surface area contributed by atoms with E-state index in [1.807, 2.05) is 11.9 Å². The number of hydrogen-bond acceptors (Lipinski definition) is 3. The van der Waals surface area contributed by atoms with Gasteiger partial charge in [0.25, 0.3) is 0 Å². The van der Waals surface area contributed by atoms with E-state index in [9.17, 15) is 4.79 Å². The Hall–Kier alpha value is -1.29. The van der Waals surface area contributed by atoms with E-state index in [2.05, 4.69) is 17.9 Å². The molecule has 1 atom stereocenters. The molecule has 4 heteroatoms. The highest BCUT2D eigenvalue weighted by molar-refractivity contribution is 5.81. The summed E-state index contributed by atoms with van der Waals surface area (Å²) in [5.74, 6) is 1.38. The predicted molar refractivity (Wildman–Crippen MR) is 86.5 cm³/mol. The second kappa shape index (κ2) is 6.86. The monoisotopic (exact) mass is 304 g/mol. The fraction of sp³-hybridized carbons (Fsp3) is 0.722. The maximum absolute atomic E-state index is 12.9. The van der Waals surface area contributed by atoms with Crippen LogP contribution in [0.3, 0.4) is 0 Å². The van der Waals surface area contributed by atoms with Gasteiger partial charge in [-0.2, -0.15) is 0 Å². The molecule has 2 heterocycles. The zero-order chi connectivity index (χ0) is 15.5. The van der Waals surface area contributed by atoms with E-state index in [4.69, 9.17) is 4.42 Å². The second-order valence-electron chi connectivity index (χ2n) is 6.86. The third-order valence-corrected chi connectivity index (χ3v) is 5.44. The van der Waals surface area contributed by atoms with Gasteiger partial charge in [-0.25, -0.2) is 0 Å². The van der Waals surface area contributed by atoms with E-state index in [1.54, 1.807) is 6.26 Å². The molecule has 1 amide bonds. The van der Waals surface area contributed by atoms with Gasteiger partial charge in [0.1, 0.15) is 5.76 Å². The van der Waals surface area contributed by atoms with Gasteiger partial charge < -0.3 is 9.32 Å². The second-order valence-corrected chi connectivity index (χ2v) is 6.86. The largest absolute Gasteiger partial charge is 0.469 e. The molecule has 22 heavy (non-hydrogen) atoms. The van der Waals surface area contributed by atoms with Gasteiger partial charge in [-0.15, -0.1) is 0 Å². The minimum atomic E-state index is -0.0484. The minimum Gasteiger partial charge on any atom is -0.469 e. The van der Waals surface area contributed by atoms with E-state index in [0.29, 0.717) is 6.04 Å². The highest BCUT2D eigenvalue weighted by Gasteiger charge is 2.30. The van der Waals surface area contributed by atoms with E-state index in [-0.39, 0.29) is 11.9 Å². The van der Waals surface area contributed by atoms with Gasteiger partial charge in [0.2, 0.25) is 5.91 Å². The van der Waals surface area contributed by atoms with Gasteiger partial charge in [0.05, 0.1) is 12.3 Å². The Morgan fingerprint density at radius 3 is 2.86 bits per heavy atom. The van der Waals surface area contributed by atoms with E-state index < -0.39 is 0 Å². The van der Waals surface area contributed by atoms with E-state index in [1.165, 1.54) is 37.7 Å². The zero-order valence-corrected chi connectivity index (χ0v) is 13.9. The van der Waals surface area contributed by atoms with Gasteiger partial charge in [-0.1, -0.05) is 19.3 Å². The van der Waals surface area contributed by atoms with Gasteiger partial charge >= 0.3 is 0 Å². The summed E-state index contributed by atoms with van der Waals surface area (Å²) in [6.45, 7) is 3.86. The number of fused-ring (bicyclic) bond motifs is 1. The maximum Gasteiger partial charge on any atom is 0.239 e. The Balaban J connectivity index is 1.64. The number of likely N-dealkylation sites (N-methyl/N-ethyl adjacent to an activating group) is 1. The van der Waals surface area contributed by atoms with Crippen LogP contribution in [0.15, 0.2) is 16.7 Å². The van der Waals surface area contributed by atoms with Crippen molar-refractivity contribution in [2.24, 2.45) is 0 Å². The first-order valence-electron chi connectivity index (χ1n) is 8.73. The van der Waals surface area contributed by atoms with Crippen LogP contribution in [-0.4, -0.2) is 41.4 Å². The molecule has 0 spiro atoms. The van der Waals surface area contributed by atoms with Crippen LogP contribution in [0.2, 0.25) is 0 Å². The highest BCUT2D eigenvalue weighted by Crippen LogP contribution is 2.25. The van der Waals surface area contributed by atoms with Crippen molar-refractivity contribution < 1.29 is 9.21 Å². The lowest BCUT2D eigenvalue weighted by Crippen LogP contribution is -2.49. The molecule has 122 valence electrons. The van der Waals surface area contributed by atoms with Gasteiger partial charge in [-0.05, 0) is 38.8 Å². The molecule has 1 fully saturated rings. The highest BCUT2D eigenvalue weighted by atomic mass is 16.3. The van der Waals surface area contributed by atoms with E-state index >= 15 is 0 Å². The summed E-state index contributed by atoms with van der Waals surface area (Å²) in [7, 11) is 2.00. The normalized spacial score (nSPS) is 21.9. The molecule has 0 N–H and O–H groups in total. The number of amides is 1. The number of hydrogen-bond donors (Lipinski definition) is 0. The molecule has 0 radical (unpaired) electrons. The van der Waals surface area contributed by atoms with Gasteiger partial charge in [0, 0.05) is 31.6 Å². The van der Waals surface area contributed by atoms with Crippen LogP contribution in [-0.2, 0) is 17.8 Å². The fourth-order valence-corrected chi connectivity index (χ4v) is 3.90. The van der Waals surface area contributed by atoms with Crippen molar-refractivity contribution in [2.75, 3.05) is 13.6 Å². The average Bonchev–Trinajstić information content (AvgIpc) is 2.90. The lowest BCUT2D eigenvalue weighted by Gasteiger charge is -2.36. The van der Waals surface area contributed by atoms with Crippen LogP contribution in [0, 0.1) is 0 Å². The molecule has 0 bridgehead atoms. The summed E-state index contributed by atoms with van der Waals surface area (Å²) in [6, 6.07) is 2.45. The SMILES string of the molecule is CC(C(=O)N(C)C1CCCCC1)N1CCCc2occc2C1. The van der Waals surface area contributed by atoms with Crippen molar-refractivity contribution >= 4 is 5.91 Å². The van der Waals surface area contributed by atoms with Crippen LogP contribution >= 0.6 is 0 Å². The third-order valence-electron chi connectivity index (χ3n) is 5.44. The number of rotatable bonds is 3. The summed E-state index contributed by atoms with van der Waals surface area (Å²) in [4.78, 5) is 17.2. The molecule has 0 saturated heterocycles. The van der Waals surface area contributed by atoms with Crippen molar-refractivity contribution in [3.8, 4) is 0 Å². The molecule has 0 aromatic carbocycles. The fourth-order valence-electron chi connectivity index (χ4n) is 3.90. The Morgan fingerprint density at radius 2 is 2.09 bits per heavy atom. The number of nitrogens with zero attached hydrogens (tertiary/aromatic N) is 2. The van der Waals surface area contributed by atoms with Gasteiger partial charge in [-0.3, -0.25) is 9.69 Å². The first kappa shape index (κ1) is 15.6. The summed E-state index contributed by atoms with van der Waals surface area (Å²) >= 11 is 0. The Morgan fingerprint density at radius 1 is 1.32 bits per heavy atom. The van der Waals surface area contributed by atoms with Crippen molar-refractivity contribution in [2.45, 2.75) is 70.5 Å². The van der Waals surface area contributed by atoms with Crippen molar-refractivity contribution in [1.82, 2.24) is 9.80 Å². The van der Waals surface area contributed by atoms with E-state index in [0.717, 1.165) is 31.7 Å². The van der Waals surface area contributed by atoms with Crippen molar-refractivity contribution in [3.63, 3.8) is 0 Å². The van der Waals surface area contributed by atoms with Crippen LogP contribution in [0.5, 0.6) is 0 Å². The molecular weight excluding hydrogens is 276 g/mol. The zero-order valence-electron chi connectivity index (χ0n) is 13.9. The maximum atomic E-state index is 12.9. The molecular formula is C18H28N2O2. The number of carbonyl (C=O) groups excluding carboxylic acids is 1. The third kappa shape index (κ3) is 3.22. The van der Waals surface area contributed by atoms with Crippen molar-refractivity contribution in [1.29, 1.82) is 0 Å². The standard InChI is InChI=1S/C18H28N2O2/c1-14(18(21)19(2)16-7-4-3-5-8-16)20-11-6-9-17-15(13-20)10-12-22-17/h10,12,14,16H,3-9,11,13H2,1-2H3. The topological polar surface area (TPSA) is 36.7 Å². The molecule has 1 aromatic heterocycles. The predicted octanol–water partition coefficient (Wildman–Crippen LogP) is 3.21. The molecule has 1 saturated carbocycles. The quantitative estimate of drug-likeness (QED) is 0.860. The number of carbonyl (C=O) groups is 1. The summed E-state index contributed by atoms with van der Waals surface area (Å²) in [6.07, 6.45) is 10.0. The van der Waals surface area contributed by atoms with Crippen LogP contribution in [0.1, 0.15) is 56.8 Å². The minimum absolute atomic E-state index is 0.0484. The molecule has 1 unspecified atom stereocenters. The summed E-state index contributed by atoms with van der Waals surface area (Å²) in [5.41, 5.74) is 1.25. The molecule has 1 aliphatic carbocycles. The van der Waals surface area contributed by atoms with Crippen molar-refractivity contribution in [3.05, 3.63) is 23.7 Å². The molecule has 4 nitrogen and oxygen atoms in total.